The summed E-state index contributed by atoms with van der Waals surface area (Å²) >= 11 is 0. The van der Waals surface area contributed by atoms with E-state index in [0.717, 1.165) is 22.5 Å². The van der Waals surface area contributed by atoms with Gasteiger partial charge in [0.25, 0.3) is 0 Å². The molecule has 0 aliphatic rings. The standard InChI is InChI=1S/C21H24N4O/c1-15-6-4-5-7-20(15)25-17(3)19(14-23-25)16(2)24-21(26)9-8-18-10-12-22-13-11-18/h4-7,10-14,16H,8-9H2,1-3H3,(H,24,26)/t16-/m0/s1. The summed E-state index contributed by atoms with van der Waals surface area (Å²) in [5.74, 6) is 0.0392. The summed E-state index contributed by atoms with van der Waals surface area (Å²) < 4.78 is 1.93. The Bertz CT molecular complexity index is 886. The number of hydrogen-bond donors (Lipinski definition) is 1. The number of amides is 1. The monoisotopic (exact) mass is 348 g/mol. The molecule has 1 atom stereocenters. The number of hydrogen-bond acceptors (Lipinski definition) is 3. The van der Waals surface area contributed by atoms with Crippen LogP contribution in [0.3, 0.4) is 0 Å². The van der Waals surface area contributed by atoms with E-state index in [2.05, 4.69) is 34.5 Å². The van der Waals surface area contributed by atoms with Crippen LogP contribution >= 0.6 is 0 Å². The fraction of sp³-hybridized carbons (Fsp3) is 0.286. The second kappa shape index (κ2) is 7.95. The predicted octanol–water partition coefficient (Wildman–Crippen LogP) is 3.69. The summed E-state index contributed by atoms with van der Waals surface area (Å²) in [5.41, 5.74) is 5.42. The summed E-state index contributed by atoms with van der Waals surface area (Å²) in [6.45, 7) is 6.10. The maximum Gasteiger partial charge on any atom is 0.220 e. The number of rotatable bonds is 6. The molecule has 0 aliphatic carbocycles. The number of benzene rings is 1. The maximum absolute atomic E-state index is 12.3. The lowest BCUT2D eigenvalue weighted by Crippen LogP contribution is -2.27. The number of aromatic nitrogens is 3. The average molecular weight is 348 g/mol. The van der Waals surface area contributed by atoms with Crippen LogP contribution in [0, 0.1) is 13.8 Å². The van der Waals surface area contributed by atoms with Gasteiger partial charge in [-0.25, -0.2) is 4.68 Å². The molecule has 0 radical (unpaired) electrons. The van der Waals surface area contributed by atoms with E-state index >= 15 is 0 Å². The first-order valence-corrected chi connectivity index (χ1v) is 8.85. The molecule has 0 bridgehead atoms. The van der Waals surface area contributed by atoms with Gasteiger partial charge in [0.05, 0.1) is 17.9 Å². The molecule has 5 nitrogen and oxygen atoms in total. The van der Waals surface area contributed by atoms with Crippen LogP contribution < -0.4 is 5.32 Å². The van der Waals surface area contributed by atoms with Gasteiger partial charge >= 0.3 is 0 Å². The van der Waals surface area contributed by atoms with Crippen molar-refractivity contribution >= 4 is 5.91 Å². The molecule has 0 spiro atoms. The van der Waals surface area contributed by atoms with Crippen LogP contribution in [0.5, 0.6) is 0 Å². The highest BCUT2D eigenvalue weighted by Gasteiger charge is 2.16. The van der Waals surface area contributed by atoms with E-state index in [4.69, 9.17) is 0 Å². The van der Waals surface area contributed by atoms with Gasteiger partial charge in [-0.05, 0) is 56.5 Å². The van der Waals surface area contributed by atoms with E-state index in [1.54, 1.807) is 12.4 Å². The third-order valence-electron chi connectivity index (χ3n) is 4.63. The van der Waals surface area contributed by atoms with Crippen LogP contribution in [0.15, 0.2) is 55.0 Å². The highest BCUT2D eigenvalue weighted by molar-refractivity contribution is 5.76. The predicted molar refractivity (Wildman–Crippen MR) is 102 cm³/mol. The zero-order valence-electron chi connectivity index (χ0n) is 15.4. The normalized spacial score (nSPS) is 12.0. The summed E-state index contributed by atoms with van der Waals surface area (Å²) in [5, 5.41) is 7.61. The lowest BCUT2D eigenvalue weighted by molar-refractivity contribution is -0.121. The van der Waals surface area contributed by atoms with Gasteiger partial charge < -0.3 is 5.32 Å². The fourth-order valence-corrected chi connectivity index (χ4v) is 3.09. The molecule has 0 saturated heterocycles. The second-order valence-electron chi connectivity index (χ2n) is 6.53. The number of carbonyl (C=O) groups is 1. The van der Waals surface area contributed by atoms with Gasteiger partial charge in [0.15, 0.2) is 0 Å². The second-order valence-corrected chi connectivity index (χ2v) is 6.53. The Morgan fingerprint density at radius 1 is 1.15 bits per heavy atom. The fourth-order valence-electron chi connectivity index (χ4n) is 3.09. The molecule has 2 heterocycles. The SMILES string of the molecule is Cc1ccccc1-n1ncc([C@H](C)NC(=O)CCc2ccncc2)c1C. The van der Waals surface area contributed by atoms with Crippen molar-refractivity contribution in [1.29, 1.82) is 0 Å². The summed E-state index contributed by atoms with van der Waals surface area (Å²) in [6, 6.07) is 11.9. The van der Waals surface area contributed by atoms with E-state index in [1.165, 1.54) is 5.56 Å². The lowest BCUT2D eigenvalue weighted by Gasteiger charge is -2.15. The maximum atomic E-state index is 12.3. The molecule has 0 aliphatic heterocycles. The Balaban J connectivity index is 1.66. The van der Waals surface area contributed by atoms with Crippen molar-refractivity contribution in [3.05, 3.63) is 77.4 Å². The number of pyridine rings is 1. The first-order chi connectivity index (χ1) is 12.6. The molecule has 1 aromatic carbocycles. The Hall–Kier alpha value is -2.95. The van der Waals surface area contributed by atoms with Crippen molar-refractivity contribution in [2.24, 2.45) is 0 Å². The first kappa shape index (κ1) is 17.9. The number of para-hydroxylation sites is 1. The molecule has 3 rings (SSSR count). The lowest BCUT2D eigenvalue weighted by atomic mass is 10.1. The molecule has 26 heavy (non-hydrogen) atoms. The third-order valence-corrected chi connectivity index (χ3v) is 4.63. The van der Waals surface area contributed by atoms with Gasteiger partial charge in [0, 0.05) is 30.1 Å². The van der Waals surface area contributed by atoms with E-state index in [-0.39, 0.29) is 11.9 Å². The number of nitrogens with zero attached hydrogens (tertiary/aromatic N) is 3. The highest BCUT2D eigenvalue weighted by Crippen LogP contribution is 2.22. The Morgan fingerprint density at radius 3 is 2.62 bits per heavy atom. The minimum absolute atomic E-state index is 0.0392. The average Bonchev–Trinajstić information content (AvgIpc) is 3.03. The molecule has 5 heteroatoms. The molecule has 0 unspecified atom stereocenters. The summed E-state index contributed by atoms with van der Waals surface area (Å²) in [4.78, 5) is 16.3. The Kier molecular flexibility index (Phi) is 5.46. The Labute approximate surface area is 154 Å². The number of nitrogens with one attached hydrogen (secondary N) is 1. The van der Waals surface area contributed by atoms with Gasteiger partial charge in [-0.1, -0.05) is 18.2 Å². The molecular weight excluding hydrogens is 324 g/mol. The van der Waals surface area contributed by atoms with Gasteiger partial charge in [-0.15, -0.1) is 0 Å². The molecule has 3 aromatic rings. The summed E-state index contributed by atoms with van der Waals surface area (Å²) in [6.07, 6.45) is 6.51. The van der Waals surface area contributed by atoms with Crippen molar-refractivity contribution in [2.75, 3.05) is 0 Å². The van der Waals surface area contributed by atoms with Crippen LogP contribution in [0.1, 0.15) is 41.8 Å². The van der Waals surface area contributed by atoms with Crippen LogP contribution in [-0.4, -0.2) is 20.7 Å². The van der Waals surface area contributed by atoms with Crippen molar-refractivity contribution in [2.45, 2.75) is 39.7 Å². The number of aryl methyl sites for hydroxylation is 2. The van der Waals surface area contributed by atoms with E-state index in [9.17, 15) is 4.79 Å². The zero-order valence-corrected chi connectivity index (χ0v) is 15.4. The first-order valence-electron chi connectivity index (χ1n) is 8.85. The smallest absolute Gasteiger partial charge is 0.220 e. The van der Waals surface area contributed by atoms with Gasteiger partial charge in [0.1, 0.15) is 0 Å². The van der Waals surface area contributed by atoms with Gasteiger partial charge in [-0.3, -0.25) is 9.78 Å². The molecule has 2 aromatic heterocycles. The van der Waals surface area contributed by atoms with Crippen LogP contribution in [0.2, 0.25) is 0 Å². The highest BCUT2D eigenvalue weighted by atomic mass is 16.1. The van der Waals surface area contributed by atoms with Gasteiger partial charge in [0.2, 0.25) is 5.91 Å². The van der Waals surface area contributed by atoms with Crippen molar-refractivity contribution in [3.8, 4) is 5.69 Å². The van der Waals surface area contributed by atoms with Crippen LogP contribution in [-0.2, 0) is 11.2 Å². The largest absolute Gasteiger partial charge is 0.349 e. The van der Waals surface area contributed by atoms with E-state index in [1.807, 2.05) is 49.0 Å². The molecule has 1 amide bonds. The Morgan fingerprint density at radius 2 is 1.88 bits per heavy atom. The molecule has 1 N–H and O–H groups in total. The topological polar surface area (TPSA) is 59.8 Å². The van der Waals surface area contributed by atoms with Gasteiger partial charge in [-0.2, -0.15) is 5.10 Å². The summed E-state index contributed by atoms with van der Waals surface area (Å²) in [7, 11) is 0. The van der Waals surface area contributed by atoms with Crippen molar-refractivity contribution in [1.82, 2.24) is 20.1 Å². The minimum Gasteiger partial charge on any atom is -0.349 e. The quantitative estimate of drug-likeness (QED) is 0.739. The third kappa shape index (κ3) is 3.99. The molecular formula is C21H24N4O. The van der Waals surface area contributed by atoms with Crippen molar-refractivity contribution in [3.63, 3.8) is 0 Å². The van der Waals surface area contributed by atoms with E-state index < -0.39 is 0 Å². The number of carbonyl (C=O) groups excluding carboxylic acids is 1. The van der Waals surface area contributed by atoms with Crippen LogP contribution in [0.25, 0.3) is 5.69 Å². The van der Waals surface area contributed by atoms with Crippen LogP contribution in [0.4, 0.5) is 0 Å². The zero-order chi connectivity index (χ0) is 18.5. The minimum atomic E-state index is -0.0855. The molecule has 0 fully saturated rings. The van der Waals surface area contributed by atoms with Crippen molar-refractivity contribution < 1.29 is 4.79 Å². The van der Waals surface area contributed by atoms with E-state index in [0.29, 0.717) is 12.8 Å². The molecule has 134 valence electrons. The molecule has 0 saturated carbocycles.